The van der Waals surface area contributed by atoms with Crippen molar-refractivity contribution in [2.75, 3.05) is 0 Å². The summed E-state index contributed by atoms with van der Waals surface area (Å²) in [6, 6.07) is 0. The van der Waals surface area contributed by atoms with Crippen molar-refractivity contribution in [3.8, 4) is 0 Å². The van der Waals surface area contributed by atoms with E-state index in [1.807, 2.05) is 0 Å². The molecule has 0 radical (unpaired) electrons. The molecule has 0 unspecified atom stereocenters. The highest BCUT2D eigenvalue weighted by Crippen LogP contribution is 2.15. The summed E-state index contributed by atoms with van der Waals surface area (Å²) in [5.41, 5.74) is 6.25. The minimum atomic E-state index is 1.26. The van der Waals surface area contributed by atoms with Crippen molar-refractivity contribution in [3.63, 3.8) is 0 Å². The fourth-order valence-corrected chi connectivity index (χ4v) is 1.27. The highest BCUT2D eigenvalue weighted by atomic mass is 14.0. The molecule has 0 saturated heterocycles. The third-order valence-electron chi connectivity index (χ3n) is 1.78. The van der Waals surface area contributed by atoms with Crippen LogP contribution in [-0.4, -0.2) is 0 Å². The van der Waals surface area contributed by atoms with Crippen LogP contribution >= 0.6 is 0 Å². The van der Waals surface area contributed by atoms with Crippen LogP contribution in [0.2, 0.25) is 0 Å². The summed E-state index contributed by atoms with van der Waals surface area (Å²) in [5, 5.41) is 0. The second-order valence-electron chi connectivity index (χ2n) is 2.89. The van der Waals surface area contributed by atoms with Gasteiger partial charge in [0, 0.05) is 0 Å². The highest BCUT2D eigenvalue weighted by molar-refractivity contribution is 5.07. The van der Waals surface area contributed by atoms with Crippen LogP contribution in [0.3, 0.4) is 0 Å². The van der Waals surface area contributed by atoms with Crippen molar-refractivity contribution < 1.29 is 0 Å². The molecule has 0 bridgehead atoms. The lowest BCUT2D eigenvalue weighted by Crippen LogP contribution is -1.73. The molecule has 0 spiro atoms. The van der Waals surface area contributed by atoms with Crippen molar-refractivity contribution in [2.45, 2.75) is 39.5 Å². The lowest BCUT2D eigenvalue weighted by Gasteiger charge is -1.92. The van der Waals surface area contributed by atoms with Crippen LogP contribution in [0, 0.1) is 0 Å². The summed E-state index contributed by atoms with van der Waals surface area (Å²) < 4.78 is 0. The first kappa shape index (κ1) is 6.64. The maximum atomic E-state index is 3.38. The van der Waals surface area contributed by atoms with Gasteiger partial charge in [-0.25, -0.2) is 0 Å². The van der Waals surface area contributed by atoms with Crippen LogP contribution in [0.5, 0.6) is 0 Å². The smallest absolute Gasteiger partial charge is 0.0247 e. The normalized spacial score (nSPS) is 20.2. The standard InChI is InChI=1S/C9H14/c1-8-5-3-4-6-9(2)7-8/h3-6H2,1-2H3. The van der Waals surface area contributed by atoms with Crippen LogP contribution in [0.25, 0.3) is 0 Å². The maximum absolute atomic E-state index is 3.38. The number of hydrogen-bond donors (Lipinski definition) is 0. The van der Waals surface area contributed by atoms with E-state index in [1.165, 1.54) is 36.8 Å². The molecule has 50 valence electrons. The van der Waals surface area contributed by atoms with Crippen LogP contribution in [0.15, 0.2) is 16.9 Å². The average Bonchev–Trinajstić information content (AvgIpc) is 1.93. The number of rotatable bonds is 0. The number of hydrogen-bond acceptors (Lipinski definition) is 0. The van der Waals surface area contributed by atoms with E-state index >= 15 is 0 Å². The van der Waals surface area contributed by atoms with Gasteiger partial charge >= 0.3 is 0 Å². The predicted octanol–water partition coefficient (Wildman–Crippen LogP) is 3.05. The van der Waals surface area contributed by atoms with Crippen LogP contribution in [0.1, 0.15) is 39.5 Å². The first-order chi connectivity index (χ1) is 4.29. The van der Waals surface area contributed by atoms with E-state index in [4.69, 9.17) is 0 Å². The molecule has 1 aliphatic carbocycles. The monoisotopic (exact) mass is 122 g/mol. The van der Waals surface area contributed by atoms with Crippen molar-refractivity contribution in [2.24, 2.45) is 0 Å². The van der Waals surface area contributed by atoms with Gasteiger partial charge in [-0.05, 0) is 50.7 Å². The quantitative estimate of drug-likeness (QED) is 0.433. The van der Waals surface area contributed by atoms with Gasteiger partial charge in [0.15, 0.2) is 0 Å². The van der Waals surface area contributed by atoms with Crippen molar-refractivity contribution in [1.29, 1.82) is 0 Å². The van der Waals surface area contributed by atoms with E-state index in [9.17, 15) is 0 Å². The molecule has 0 N–H and O–H groups in total. The van der Waals surface area contributed by atoms with E-state index in [-0.39, 0.29) is 0 Å². The minimum Gasteiger partial charge on any atom is -0.123 e. The molecule has 0 nitrogen and oxygen atoms in total. The third-order valence-corrected chi connectivity index (χ3v) is 1.78. The lowest BCUT2D eigenvalue weighted by molar-refractivity contribution is 0.741. The summed E-state index contributed by atoms with van der Waals surface area (Å²) in [7, 11) is 0. The zero-order valence-corrected chi connectivity index (χ0v) is 6.33. The van der Waals surface area contributed by atoms with E-state index in [2.05, 4.69) is 19.6 Å². The van der Waals surface area contributed by atoms with E-state index < -0.39 is 0 Å². The Hall–Kier alpha value is -0.480. The van der Waals surface area contributed by atoms with E-state index in [1.54, 1.807) is 0 Å². The van der Waals surface area contributed by atoms with Gasteiger partial charge in [-0.1, -0.05) is 0 Å². The zero-order valence-electron chi connectivity index (χ0n) is 6.33. The van der Waals surface area contributed by atoms with Crippen molar-refractivity contribution in [3.05, 3.63) is 16.9 Å². The highest BCUT2D eigenvalue weighted by Gasteiger charge is 1.96. The van der Waals surface area contributed by atoms with Gasteiger partial charge in [0.25, 0.3) is 0 Å². The molecular weight excluding hydrogens is 108 g/mol. The topological polar surface area (TPSA) is 0 Å². The first-order valence-electron chi connectivity index (χ1n) is 3.71. The molecule has 0 aromatic heterocycles. The van der Waals surface area contributed by atoms with E-state index in [0.29, 0.717) is 0 Å². The van der Waals surface area contributed by atoms with Gasteiger partial charge in [-0.3, -0.25) is 0 Å². The summed E-state index contributed by atoms with van der Waals surface area (Å²) in [6.45, 7) is 4.35. The summed E-state index contributed by atoms with van der Waals surface area (Å²) in [4.78, 5) is 0. The van der Waals surface area contributed by atoms with Gasteiger partial charge in [-0.2, -0.15) is 0 Å². The Morgan fingerprint density at radius 3 is 1.89 bits per heavy atom. The Balaban J connectivity index is 2.73. The van der Waals surface area contributed by atoms with Gasteiger partial charge in [0.05, 0.1) is 0 Å². The maximum Gasteiger partial charge on any atom is -0.0247 e. The molecule has 0 fully saturated rings. The molecule has 1 rings (SSSR count). The SMILES string of the molecule is CC1=C=C(C)CCCC1. The minimum absolute atomic E-state index is 1.26. The van der Waals surface area contributed by atoms with Crippen LogP contribution in [-0.2, 0) is 0 Å². The van der Waals surface area contributed by atoms with Gasteiger partial charge in [0.2, 0.25) is 0 Å². The summed E-state index contributed by atoms with van der Waals surface area (Å²) in [5.74, 6) is 0. The predicted molar refractivity (Wildman–Crippen MR) is 40.4 cm³/mol. The van der Waals surface area contributed by atoms with Gasteiger partial charge in [0.1, 0.15) is 0 Å². The molecule has 0 atom stereocenters. The Morgan fingerprint density at radius 1 is 1.00 bits per heavy atom. The number of allylic oxidation sites excluding steroid dienone is 1. The Morgan fingerprint density at radius 2 is 1.44 bits per heavy atom. The van der Waals surface area contributed by atoms with E-state index in [0.717, 1.165) is 0 Å². The summed E-state index contributed by atoms with van der Waals surface area (Å²) >= 11 is 0. The molecule has 0 amide bonds. The molecule has 0 aromatic rings. The molecule has 0 heteroatoms. The second-order valence-corrected chi connectivity index (χ2v) is 2.89. The fourth-order valence-electron chi connectivity index (χ4n) is 1.27. The zero-order chi connectivity index (χ0) is 6.69. The largest absolute Gasteiger partial charge is 0.123 e. The average molecular weight is 122 g/mol. The molecule has 0 aliphatic heterocycles. The molecule has 0 aromatic carbocycles. The molecule has 0 saturated carbocycles. The fraction of sp³-hybridized carbons (Fsp3) is 0.667. The van der Waals surface area contributed by atoms with Gasteiger partial charge in [-0.15, -0.1) is 5.73 Å². The van der Waals surface area contributed by atoms with Gasteiger partial charge < -0.3 is 0 Å². The Bertz CT molecular complexity index is 141. The van der Waals surface area contributed by atoms with Crippen LogP contribution < -0.4 is 0 Å². The summed E-state index contributed by atoms with van der Waals surface area (Å²) in [6.07, 6.45) is 5.24. The third kappa shape index (κ3) is 2.07. The molecule has 1 aliphatic rings. The molecule has 9 heavy (non-hydrogen) atoms. The Kier molecular flexibility index (Phi) is 2.13. The molecular formula is C9H14. The lowest BCUT2D eigenvalue weighted by atomic mass is 10.1. The first-order valence-corrected chi connectivity index (χ1v) is 3.71. The second kappa shape index (κ2) is 2.89. The molecule has 0 heterocycles. The van der Waals surface area contributed by atoms with Crippen molar-refractivity contribution >= 4 is 0 Å². The van der Waals surface area contributed by atoms with Crippen molar-refractivity contribution in [1.82, 2.24) is 0 Å². The van der Waals surface area contributed by atoms with Crippen LogP contribution in [0.4, 0.5) is 0 Å². The Labute approximate surface area is 57.3 Å².